The Hall–Kier alpha value is -1.92. The van der Waals surface area contributed by atoms with Crippen LogP contribution in [0, 0.1) is 0 Å². The number of methoxy groups -OCH3 is 1. The molecule has 2 heterocycles. The van der Waals surface area contributed by atoms with Gasteiger partial charge in [0.25, 0.3) is 0 Å². The lowest BCUT2D eigenvalue weighted by atomic mass is 9.91. The van der Waals surface area contributed by atoms with Crippen LogP contribution in [0.25, 0.3) is 11.4 Å². The molecule has 0 atom stereocenters. The van der Waals surface area contributed by atoms with E-state index in [2.05, 4.69) is 10.1 Å². The van der Waals surface area contributed by atoms with Gasteiger partial charge in [-0.25, -0.2) is 0 Å². The van der Waals surface area contributed by atoms with Gasteiger partial charge in [0, 0.05) is 18.8 Å². The first-order chi connectivity index (χ1) is 9.71. The Balaban J connectivity index is 1.85. The predicted molar refractivity (Wildman–Crippen MR) is 72.2 cm³/mol. The molecule has 0 saturated carbocycles. The largest absolute Gasteiger partial charge is 0.497 e. The smallest absolute Gasteiger partial charge is 0.247 e. The lowest BCUT2D eigenvalue weighted by Gasteiger charge is -2.29. The van der Waals surface area contributed by atoms with Gasteiger partial charge in [-0.05, 0) is 37.1 Å². The van der Waals surface area contributed by atoms with Gasteiger partial charge < -0.3 is 19.7 Å². The van der Waals surface area contributed by atoms with Gasteiger partial charge in [0.05, 0.1) is 7.11 Å². The summed E-state index contributed by atoms with van der Waals surface area (Å²) in [6.45, 7) is 1.24. The van der Waals surface area contributed by atoms with Gasteiger partial charge in [0.2, 0.25) is 11.7 Å². The topological polar surface area (TPSA) is 83.4 Å². The molecule has 1 aromatic carbocycles. The lowest BCUT2D eigenvalue weighted by molar-refractivity contribution is 0.0400. The molecule has 106 valence electrons. The highest BCUT2D eigenvalue weighted by atomic mass is 16.5. The molecule has 1 saturated heterocycles. The molecule has 6 nitrogen and oxygen atoms in total. The number of hydrogen-bond acceptors (Lipinski definition) is 6. The van der Waals surface area contributed by atoms with E-state index in [0.717, 1.165) is 11.3 Å². The van der Waals surface area contributed by atoms with Crippen molar-refractivity contribution in [1.82, 2.24) is 10.1 Å². The summed E-state index contributed by atoms with van der Waals surface area (Å²) in [6.07, 6.45) is 1.38. The lowest BCUT2D eigenvalue weighted by Crippen LogP contribution is -2.42. The number of benzene rings is 1. The second kappa shape index (κ2) is 5.22. The van der Waals surface area contributed by atoms with E-state index in [1.807, 2.05) is 24.3 Å². The molecule has 2 N–H and O–H groups in total. The highest BCUT2D eigenvalue weighted by Crippen LogP contribution is 2.29. The minimum absolute atomic E-state index is 0.478. The maximum atomic E-state index is 6.32. The van der Waals surface area contributed by atoms with Crippen molar-refractivity contribution in [2.75, 3.05) is 20.3 Å². The molecule has 0 amide bonds. The maximum absolute atomic E-state index is 6.32. The van der Waals surface area contributed by atoms with Crippen LogP contribution >= 0.6 is 0 Å². The molecule has 0 aliphatic carbocycles. The molecule has 0 radical (unpaired) electrons. The monoisotopic (exact) mass is 275 g/mol. The Morgan fingerprint density at radius 2 is 1.90 bits per heavy atom. The normalized spacial score (nSPS) is 17.9. The van der Waals surface area contributed by atoms with Gasteiger partial charge in [-0.15, -0.1) is 0 Å². The summed E-state index contributed by atoms with van der Waals surface area (Å²) in [5.41, 5.74) is 6.62. The Labute approximate surface area is 116 Å². The molecular formula is C14H17N3O3. The Kier molecular flexibility index (Phi) is 3.42. The fourth-order valence-electron chi connectivity index (χ4n) is 2.23. The predicted octanol–water partition coefficient (Wildman–Crippen LogP) is 1.71. The molecule has 1 aliphatic heterocycles. The molecule has 3 rings (SSSR count). The van der Waals surface area contributed by atoms with Crippen LogP contribution in [-0.2, 0) is 10.3 Å². The maximum Gasteiger partial charge on any atom is 0.247 e. The molecule has 6 heteroatoms. The standard InChI is InChI=1S/C14H17N3O3/c1-18-11-4-2-10(3-5-11)12-16-13(20-17-12)14(15)6-8-19-9-7-14/h2-5H,6-9,15H2,1H3. The third-order valence-corrected chi connectivity index (χ3v) is 3.59. The van der Waals surface area contributed by atoms with Crippen LogP contribution in [0.4, 0.5) is 0 Å². The van der Waals surface area contributed by atoms with E-state index in [1.165, 1.54) is 0 Å². The van der Waals surface area contributed by atoms with Gasteiger partial charge in [-0.3, -0.25) is 0 Å². The van der Waals surface area contributed by atoms with Crippen LogP contribution in [0.2, 0.25) is 0 Å². The van der Waals surface area contributed by atoms with E-state index in [9.17, 15) is 0 Å². The first-order valence-electron chi connectivity index (χ1n) is 6.56. The first-order valence-corrected chi connectivity index (χ1v) is 6.56. The SMILES string of the molecule is COc1ccc(-c2noc(C3(N)CCOCC3)n2)cc1. The summed E-state index contributed by atoms with van der Waals surface area (Å²) in [6, 6.07) is 7.50. The zero-order valence-corrected chi connectivity index (χ0v) is 11.3. The van der Waals surface area contributed by atoms with Crippen LogP contribution in [0.5, 0.6) is 5.75 Å². The van der Waals surface area contributed by atoms with E-state index in [4.69, 9.17) is 19.7 Å². The second-order valence-electron chi connectivity index (χ2n) is 4.92. The molecule has 1 fully saturated rings. The molecule has 1 aromatic heterocycles. The minimum atomic E-state index is -0.573. The van der Waals surface area contributed by atoms with E-state index in [0.29, 0.717) is 37.8 Å². The van der Waals surface area contributed by atoms with E-state index in [1.54, 1.807) is 7.11 Å². The summed E-state index contributed by atoms with van der Waals surface area (Å²) in [7, 11) is 1.63. The summed E-state index contributed by atoms with van der Waals surface area (Å²) < 4.78 is 15.8. The average molecular weight is 275 g/mol. The summed E-state index contributed by atoms with van der Waals surface area (Å²) >= 11 is 0. The number of nitrogens with two attached hydrogens (primary N) is 1. The third kappa shape index (κ3) is 2.39. The quantitative estimate of drug-likeness (QED) is 0.918. The first kappa shape index (κ1) is 13.1. The van der Waals surface area contributed by atoms with E-state index < -0.39 is 5.54 Å². The molecule has 1 aliphatic rings. The van der Waals surface area contributed by atoms with Crippen molar-refractivity contribution in [3.05, 3.63) is 30.2 Å². The van der Waals surface area contributed by atoms with Gasteiger partial charge in [-0.2, -0.15) is 4.98 Å². The zero-order valence-electron chi connectivity index (χ0n) is 11.3. The van der Waals surface area contributed by atoms with Crippen LogP contribution in [0.15, 0.2) is 28.8 Å². The number of nitrogens with zero attached hydrogens (tertiary/aromatic N) is 2. The number of aromatic nitrogens is 2. The number of hydrogen-bond donors (Lipinski definition) is 1. The zero-order chi connectivity index (χ0) is 14.0. The molecule has 0 spiro atoms. The van der Waals surface area contributed by atoms with Crippen LogP contribution in [0.3, 0.4) is 0 Å². The highest BCUT2D eigenvalue weighted by Gasteiger charge is 2.35. The van der Waals surface area contributed by atoms with Crippen molar-refractivity contribution in [3.8, 4) is 17.1 Å². The highest BCUT2D eigenvalue weighted by molar-refractivity contribution is 5.55. The summed E-state index contributed by atoms with van der Waals surface area (Å²) in [5, 5.41) is 4.01. The number of ether oxygens (including phenoxy) is 2. The minimum Gasteiger partial charge on any atom is -0.497 e. The third-order valence-electron chi connectivity index (χ3n) is 3.59. The number of rotatable bonds is 3. The Morgan fingerprint density at radius 1 is 1.20 bits per heavy atom. The van der Waals surface area contributed by atoms with Gasteiger partial charge in [0.1, 0.15) is 11.3 Å². The molecule has 20 heavy (non-hydrogen) atoms. The van der Waals surface area contributed by atoms with Gasteiger partial charge >= 0.3 is 0 Å². The van der Waals surface area contributed by atoms with Crippen molar-refractivity contribution >= 4 is 0 Å². The molecule has 0 bridgehead atoms. The van der Waals surface area contributed by atoms with Crippen molar-refractivity contribution in [2.24, 2.45) is 5.73 Å². The van der Waals surface area contributed by atoms with Crippen LogP contribution in [0.1, 0.15) is 18.7 Å². The Bertz CT molecular complexity index is 574. The van der Waals surface area contributed by atoms with Crippen LogP contribution < -0.4 is 10.5 Å². The molecule has 2 aromatic rings. The average Bonchev–Trinajstić information content (AvgIpc) is 2.99. The van der Waals surface area contributed by atoms with Crippen molar-refractivity contribution in [3.63, 3.8) is 0 Å². The molecular weight excluding hydrogens is 258 g/mol. The summed E-state index contributed by atoms with van der Waals surface area (Å²) in [4.78, 5) is 4.43. The van der Waals surface area contributed by atoms with Crippen molar-refractivity contribution in [2.45, 2.75) is 18.4 Å². The second-order valence-corrected chi connectivity index (χ2v) is 4.92. The van der Waals surface area contributed by atoms with Gasteiger partial charge in [-0.1, -0.05) is 5.16 Å². The van der Waals surface area contributed by atoms with Gasteiger partial charge in [0.15, 0.2) is 0 Å². The molecule has 0 unspecified atom stereocenters. The van der Waals surface area contributed by atoms with Crippen molar-refractivity contribution in [1.29, 1.82) is 0 Å². The van der Waals surface area contributed by atoms with E-state index >= 15 is 0 Å². The van der Waals surface area contributed by atoms with E-state index in [-0.39, 0.29) is 0 Å². The van der Waals surface area contributed by atoms with Crippen molar-refractivity contribution < 1.29 is 14.0 Å². The Morgan fingerprint density at radius 3 is 2.55 bits per heavy atom. The fourth-order valence-corrected chi connectivity index (χ4v) is 2.23. The van der Waals surface area contributed by atoms with Crippen LogP contribution in [-0.4, -0.2) is 30.5 Å². The fraction of sp³-hybridized carbons (Fsp3) is 0.429. The summed E-state index contributed by atoms with van der Waals surface area (Å²) in [5.74, 6) is 1.81.